The Balaban J connectivity index is 1.92. The number of nitrogens with one attached hydrogen (secondary N) is 1. The molecular weight excluding hydrogens is 220 g/mol. The Morgan fingerprint density at radius 1 is 1.59 bits per heavy atom. The lowest BCUT2D eigenvalue weighted by atomic mass is 10.1. The van der Waals surface area contributed by atoms with Crippen molar-refractivity contribution in [2.24, 2.45) is 5.92 Å². The van der Waals surface area contributed by atoms with Gasteiger partial charge in [-0.2, -0.15) is 5.10 Å². The summed E-state index contributed by atoms with van der Waals surface area (Å²) < 4.78 is 1.67. The summed E-state index contributed by atoms with van der Waals surface area (Å²) >= 11 is 0. The maximum atomic E-state index is 10.6. The van der Waals surface area contributed by atoms with E-state index >= 15 is 0 Å². The van der Waals surface area contributed by atoms with E-state index in [0.29, 0.717) is 13.0 Å². The van der Waals surface area contributed by atoms with Crippen LogP contribution in [0.1, 0.15) is 13.3 Å². The van der Waals surface area contributed by atoms with Crippen LogP contribution >= 0.6 is 0 Å². The highest BCUT2D eigenvalue weighted by atomic mass is 16.4. The number of rotatable bonds is 5. The number of nitrogens with zero attached hydrogens (tertiary/aromatic N) is 3. The molecule has 90 valence electrons. The second-order valence-electron chi connectivity index (χ2n) is 3.90. The molecule has 2 heterocycles. The molecule has 0 amide bonds. The quantitative estimate of drug-likeness (QED) is 0.814. The van der Waals surface area contributed by atoms with Crippen molar-refractivity contribution in [3.63, 3.8) is 0 Å². The average Bonchev–Trinajstić information content (AvgIpc) is 2.75. The zero-order chi connectivity index (χ0) is 12.3. The highest BCUT2D eigenvalue weighted by Crippen LogP contribution is 2.07. The highest BCUT2D eigenvalue weighted by Gasteiger charge is 2.09. The van der Waals surface area contributed by atoms with Crippen LogP contribution in [0.25, 0.3) is 5.65 Å². The maximum Gasteiger partial charge on any atom is 0.306 e. The van der Waals surface area contributed by atoms with Crippen molar-refractivity contribution >= 4 is 17.4 Å². The number of fused-ring (bicyclic) bond motifs is 1. The molecule has 1 unspecified atom stereocenters. The number of aliphatic carboxylic acids is 1. The van der Waals surface area contributed by atoms with Crippen LogP contribution in [-0.2, 0) is 4.79 Å². The van der Waals surface area contributed by atoms with Crippen molar-refractivity contribution < 1.29 is 9.90 Å². The fourth-order valence-corrected chi connectivity index (χ4v) is 1.45. The van der Waals surface area contributed by atoms with E-state index in [1.54, 1.807) is 17.6 Å². The monoisotopic (exact) mass is 234 g/mol. The minimum Gasteiger partial charge on any atom is -0.481 e. The number of anilines is 1. The largest absolute Gasteiger partial charge is 0.481 e. The van der Waals surface area contributed by atoms with Crippen molar-refractivity contribution in [3.8, 4) is 0 Å². The Morgan fingerprint density at radius 3 is 3.18 bits per heavy atom. The third-order valence-electron chi connectivity index (χ3n) is 2.56. The zero-order valence-electron chi connectivity index (χ0n) is 9.50. The van der Waals surface area contributed by atoms with Crippen LogP contribution in [0.2, 0.25) is 0 Å². The molecule has 0 fully saturated rings. The SMILES string of the molecule is CC(CCNc1ccn2nccc2n1)C(=O)O. The fraction of sp³-hybridized carbons (Fsp3) is 0.364. The van der Waals surface area contributed by atoms with E-state index in [-0.39, 0.29) is 5.92 Å². The minimum atomic E-state index is -0.772. The summed E-state index contributed by atoms with van der Waals surface area (Å²) in [6.45, 7) is 2.28. The molecule has 0 saturated heterocycles. The van der Waals surface area contributed by atoms with Gasteiger partial charge in [0.25, 0.3) is 0 Å². The van der Waals surface area contributed by atoms with Gasteiger partial charge >= 0.3 is 5.97 Å². The molecule has 17 heavy (non-hydrogen) atoms. The summed E-state index contributed by atoms with van der Waals surface area (Å²) in [7, 11) is 0. The van der Waals surface area contributed by atoms with Crippen LogP contribution in [0, 0.1) is 5.92 Å². The van der Waals surface area contributed by atoms with Gasteiger partial charge in [-0.3, -0.25) is 4.79 Å². The molecular formula is C11H14N4O2. The maximum absolute atomic E-state index is 10.6. The first kappa shape index (κ1) is 11.4. The van der Waals surface area contributed by atoms with Crippen molar-refractivity contribution in [1.29, 1.82) is 0 Å². The number of carbonyl (C=O) groups is 1. The van der Waals surface area contributed by atoms with Gasteiger partial charge in [0.2, 0.25) is 0 Å². The molecule has 6 heteroatoms. The second kappa shape index (κ2) is 4.82. The van der Waals surface area contributed by atoms with Gasteiger partial charge in [0.1, 0.15) is 5.82 Å². The summed E-state index contributed by atoms with van der Waals surface area (Å²) in [5.74, 6) is -0.386. The van der Waals surface area contributed by atoms with E-state index in [0.717, 1.165) is 11.5 Å². The minimum absolute atomic E-state index is 0.346. The number of aromatic nitrogens is 3. The van der Waals surface area contributed by atoms with Crippen molar-refractivity contribution in [2.75, 3.05) is 11.9 Å². The Kier molecular flexibility index (Phi) is 3.22. The molecule has 2 aromatic rings. The molecule has 0 aliphatic rings. The van der Waals surface area contributed by atoms with Gasteiger partial charge in [-0.1, -0.05) is 6.92 Å². The average molecular weight is 234 g/mol. The summed E-state index contributed by atoms with van der Waals surface area (Å²) in [4.78, 5) is 14.9. The Hall–Kier alpha value is -2.11. The van der Waals surface area contributed by atoms with E-state index in [4.69, 9.17) is 5.11 Å². The van der Waals surface area contributed by atoms with Gasteiger partial charge in [0, 0.05) is 18.8 Å². The zero-order valence-corrected chi connectivity index (χ0v) is 9.50. The predicted octanol–water partition coefficient (Wildman–Crippen LogP) is 1.25. The summed E-state index contributed by atoms with van der Waals surface area (Å²) in [5, 5.41) is 15.9. The standard InChI is InChI=1S/C11H14N4O2/c1-8(11(16)17)2-5-12-9-4-7-15-10(14-9)3-6-13-15/h3-4,6-8H,2,5H2,1H3,(H,12,14)(H,16,17). The molecule has 6 nitrogen and oxygen atoms in total. The highest BCUT2D eigenvalue weighted by molar-refractivity contribution is 5.69. The van der Waals surface area contributed by atoms with Gasteiger partial charge in [0.05, 0.1) is 12.1 Å². The van der Waals surface area contributed by atoms with Crippen molar-refractivity contribution in [2.45, 2.75) is 13.3 Å². The molecule has 2 rings (SSSR count). The van der Waals surface area contributed by atoms with Crippen molar-refractivity contribution in [3.05, 3.63) is 24.5 Å². The summed E-state index contributed by atoms with van der Waals surface area (Å²) in [6, 6.07) is 3.62. The first-order chi connectivity index (χ1) is 8.16. The first-order valence-corrected chi connectivity index (χ1v) is 5.44. The number of carboxylic acids is 1. The lowest BCUT2D eigenvalue weighted by molar-refractivity contribution is -0.141. The van der Waals surface area contributed by atoms with Crippen LogP contribution in [0.5, 0.6) is 0 Å². The lowest BCUT2D eigenvalue weighted by Crippen LogP contribution is -2.14. The summed E-state index contributed by atoms with van der Waals surface area (Å²) in [6.07, 6.45) is 4.06. The van der Waals surface area contributed by atoms with Gasteiger partial charge in [-0.15, -0.1) is 0 Å². The fourth-order valence-electron chi connectivity index (χ4n) is 1.45. The van der Waals surface area contributed by atoms with E-state index in [9.17, 15) is 4.79 Å². The Bertz CT molecular complexity index is 523. The summed E-state index contributed by atoms with van der Waals surface area (Å²) in [5.41, 5.74) is 0.765. The normalized spacial score (nSPS) is 12.5. The molecule has 2 aromatic heterocycles. The smallest absolute Gasteiger partial charge is 0.306 e. The second-order valence-corrected chi connectivity index (χ2v) is 3.90. The third-order valence-corrected chi connectivity index (χ3v) is 2.56. The van der Waals surface area contributed by atoms with Gasteiger partial charge in [0.15, 0.2) is 5.65 Å². The van der Waals surface area contributed by atoms with E-state index in [2.05, 4.69) is 15.4 Å². The molecule has 0 aliphatic carbocycles. The van der Waals surface area contributed by atoms with Crippen LogP contribution in [-0.4, -0.2) is 32.2 Å². The molecule has 0 spiro atoms. The topological polar surface area (TPSA) is 79.5 Å². The molecule has 0 aromatic carbocycles. The first-order valence-electron chi connectivity index (χ1n) is 5.44. The number of hydrogen-bond donors (Lipinski definition) is 2. The number of carboxylic acid groups (broad SMARTS) is 1. The third kappa shape index (κ3) is 2.72. The lowest BCUT2D eigenvalue weighted by Gasteiger charge is -2.08. The number of hydrogen-bond acceptors (Lipinski definition) is 4. The Morgan fingerprint density at radius 2 is 2.41 bits per heavy atom. The van der Waals surface area contributed by atoms with Crippen LogP contribution in [0.4, 0.5) is 5.82 Å². The van der Waals surface area contributed by atoms with Gasteiger partial charge in [-0.25, -0.2) is 9.50 Å². The van der Waals surface area contributed by atoms with Crippen LogP contribution < -0.4 is 5.32 Å². The van der Waals surface area contributed by atoms with Crippen molar-refractivity contribution in [1.82, 2.24) is 14.6 Å². The molecule has 1 atom stereocenters. The molecule has 0 aliphatic heterocycles. The molecule has 0 bridgehead atoms. The Labute approximate surface area is 98.3 Å². The van der Waals surface area contributed by atoms with Crippen LogP contribution in [0.3, 0.4) is 0 Å². The van der Waals surface area contributed by atoms with E-state index < -0.39 is 5.97 Å². The van der Waals surface area contributed by atoms with E-state index in [1.807, 2.05) is 18.3 Å². The predicted molar refractivity (Wildman–Crippen MR) is 62.9 cm³/mol. The molecule has 2 N–H and O–H groups in total. The van der Waals surface area contributed by atoms with Crippen LogP contribution in [0.15, 0.2) is 24.5 Å². The molecule has 0 saturated carbocycles. The van der Waals surface area contributed by atoms with Gasteiger partial charge in [-0.05, 0) is 12.5 Å². The van der Waals surface area contributed by atoms with Gasteiger partial charge < -0.3 is 10.4 Å². The molecule has 0 radical (unpaired) electrons. The van der Waals surface area contributed by atoms with E-state index in [1.165, 1.54) is 0 Å².